The molecular weight excluding hydrogens is 229 g/mol. The van der Waals surface area contributed by atoms with Crippen molar-refractivity contribution in [3.8, 4) is 0 Å². The van der Waals surface area contributed by atoms with Crippen molar-refractivity contribution in [1.82, 2.24) is 19.5 Å². The van der Waals surface area contributed by atoms with Crippen LogP contribution in [0, 0.1) is 0 Å². The van der Waals surface area contributed by atoms with Crippen LogP contribution in [0.4, 0.5) is 5.82 Å². The third-order valence-electron chi connectivity index (χ3n) is 2.41. The average molecular weight is 240 g/mol. The minimum Gasteiger partial charge on any atom is -0.382 e. The summed E-state index contributed by atoms with van der Waals surface area (Å²) in [4.78, 5) is 12.0. The van der Waals surface area contributed by atoms with Crippen molar-refractivity contribution in [1.29, 1.82) is 0 Å². The van der Waals surface area contributed by atoms with Crippen molar-refractivity contribution in [2.24, 2.45) is 0 Å². The predicted octanol–water partition coefficient (Wildman–Crippen LogP) is 0.709. The first-order chi connectivity index (χ1) is 7.62. The van der Waals surface area contributed by atoms with E-state index in [4.69, 9.17) is 10.5 Å². The molecule has 0 saturated heterocycles. The zero-order valence-corrected chi connectivity index (χ0v) is 9.84. The Balaban J connectivity index is 2.71. The Hall–Kier alpha value is -1.59. The molecule has 0 bridgehead atoms. The van der Waals surface area contributed by atoms with E-state index in [1.165, 1.54) is 19.8 Å². The lowest BCUT2D eigenvalue weighted by molar-refractivity contribution is 0.0215. The first-order valence-corrected chi connectivity index (χ1v) is 5.41. The number of hydrogen-bond donors (Lipinski definition) is 1. The smallest absolute Gasteiger partial charge is 0.382 e. The maximum absolute atomic E-state index is 11.2. The van der Waals surface area contributed by atoms with Crippen LogP contribution in [0.3, 0.4) is 0 Å². The number of rotatable bonds is 3. The van der Waals surface area contributed by atoms with Crippen molar-refractivity contribution in [2.75, 3.05) is 12.8 Å². The Morgan fingerprint density at radius 1 is 1.50 bits per heavy atom. The van der Waals surface area contributed by atoms with E-state index in [-0.39, 0.29) is 5.82 Å². The zero-order valence-electron chi connectivity index (χ0n) is 8.84. The molecule has 2 atom stereocenters. The molecule has 0 aliphatic carbocycles. The molecule has 2 unspecified atom stereocenters. The third-order valence-corrected chi connectivity index (χ3v) is 3.23. The second kappa shape index (κ2) is 3.77. The van der Waals surface area contributed by atoms with E-state index in [0.717, 1.165) is 0 Å². The molecule has 0 saturated carbocycles. The molecule has 8 heteroatoms. The molecule has 0 radical (unpaired) electrons. The summed E-state index contributed by atoms with van der Waals surface area (Å²) in [6.07, 6.45) is 2.82. The lowest BCUT2D eigenvalue weighted by Gasteiger charge is -2.15. The standard InChI is InChI=1S/C8H10N5O2P/c1-8(15-2,16-14)13-4-12-5-6(9)10-3-11-7(5)13/h3-4H,1-2H3,(H2,9,10,11)/p+1. The topological polar surface area (TPSA) is 95.9 Å². The summed E-state index contributed by atoms with van der Waals surface area (Å²) >= 11 is 0. The Bertz CT molecular complexity index is 542. The van der Waals surface area contributed by atoms with Gasteiger partial charge < -0.3 is 10.5 Å². The highest BCUT2D eigenvalue weighted by Crippen LogP contribution is 2.32. The summed E-state index contributed by atoms with van der Waals surface area (Å²) < 4.78 is 18.0. The number of nitrogen functional groups attached to an aromatic ring is 1. The largest absolute Gasteiger partial charge is 0.383 e. The second-order valence-electron chi connectivity index (χ2n) is 3.33. The first kappa shape index (κ1) is 10.9. The highest BCUT2D eigenvalue weighted by molar-refractivity contribution is 7.24. The maximum Gasteiger partial charge on any atom is 0.383 e. The predicted molar refractivity (Wildman–Crippen MR) is 59.4 cm³/mol. The summed E-state index contributed by atoms with van der Waals surface area (Å²) in [6, 6.07) is 0. The number of ether oxygens (including phenoxy) is 1. The van der Waals surface area contributed by atoms with Gasteiger partial charge in [-0.3, -0.25) is 0 Å². The fraction of sp³-hybridized carbons (Fsp3) is 0.375. The number of nitrogens with zero attached hydrogens (tertiary/aromatic N) is 4. The number of fused-ring (bicyclic) bond motifs is 1. The van der Waals surface area contributed by atoms with Gasteiger partial charge in [0.25, 0.3) is 0 Å². The Kier molecular flexibility index (Phi) is 2.57. The van der Waals surface area contributed by atoms with E-state index < -0.39 is 13.9 Å². The van der Waals surface area contributed by atoms with Crippen molar-refractivity contribution in [2.45, 2.75) is 12.4 Å². The molecule has 2 heterocycles. The molecule has 2 N–H and O–H groups in total. The highest BCUT2D eigenvalue weighted by atomic mass is 31.1. The fourth-order valence-corrected chi connectivity index (χ4v) is 1.70. The van der Waals surface area contributed by atoms with Crippen LogP contribution in [-0.2, 0) is 14.8 Å². The number of imidazole rings is 1. The number of anilines is 1. The molecule has 0 aliphatic heterocycles. The maximum atomic E-state index is 11.2. The van der Waals surface area contributed by atoms with Crippen LogP contribution in [0.1, 0.15) is 6.92 Å². The van der Waals surface area contributed by atoms with Gasteiger partial charge in [-0.15, -0.1) is 0 Å². The molecule has 0 amide bonds. The van der Waals surface area contributed by atoms with Crippen LogP contribution >= 0.6 is 8.46 Å². The van der Waals surface area contributed by atoms with Crippen molar-refractivity contribution < 1.29 is 9.30 Å². The molecule has 0 spiro atoms. The monoisotopic (exact) mass is 240 g/mol. The lowest BCUT2D eigenvalue weighted by atomic mass is 10.5. The van der Waals surface area contributed by atoms with Gasteiger partial charge >= 0.3 is 13.9 Å². The van der Waals surface area contributed by atoms with E-state index in [9.17, 15) is 4.57 Å². The van der Waals surface area contributed by atoms with Crippen LogP contribution in [0.15, 0.2) is 12.7 Å². The SMILES string of the molecule is COC(C)([PH+]=O)n1cnc2c(N)ncnc21. The minimum atomic E-state index is -0.991. The zero-order chi connectivity index (χ0) is 11.8. The van der Waals surface area contributed by atoms with Crippen molar-refractivity contribution >= 4 is 25.4 Å². The van der Waals surface area contributed by atoms with Gasteiger partial charge in [0.05, 0.1) is 0 Å². The normalized spacial score (nSPS) is 15.4. The van der Waals surface area contributed by atoms with Gasteiger partial charge in [0.15, 0.2) is 11.5 Å². The molecule has 2 rings (SSSR count). The van der Waals surface area contributed by atoms with Crippen LogP contribution in [0.5, 0.6) is 0 Å². The number of nitrogens with two attached hydrogens (primary N) is 1. The summed E-state index contributed by atoms with van der Waals surface area (Å²) in [5.74, 6) is 0.288. The van der Waals surface area contributed by atoms with E-state index >= 15 is 0 Å². The summed E-state index contributed by atoms with van der Waals surface area (Å²) in [7, 11) is 0.779. The van der Waals surface area contributed by atoms with Crippen LogP contribution in [0.2, 0.25) is 0 Å². The van der Waals surface area contributed by atoms with Gasteiger partial charge in [0.2, 0.25) is 0 Å². The minimum absolute atomic E-state index is 0.288. The highest BCUT2D eigenvalue weighted by Gasteiger charge is 2.37. The Morgan fingerprint density at radius 2 is 2.25 bits per heavy atom. The number of methoxy groups -OCH3 is 1. The molecule has 84 valence electrons. The molecule has 0 fully saturated rings. The van der Waals surface area contributed by atoms with Gasteiger partial charge in [0.1, 0.15) is 18.2 Å². The van der Waals surface area contributed by atoms with Gasteiger partial charge in [-0.25, -0.2) is 19.5 Å². The first-order valence-electron chi connectivity index (χ1n) is 4.51. The van der Waals surface area contributed by atoms with E-state index in [0.29, 0.717) is 11.2 Å². The Labute approximate surface area is 92.9 Å². The molecule has 2 aromatic rings. The molecule has 16 heavy (non-hydrogen) atoms. The summed E-state index contributed by atoms with van der Waals surface area (Å²) in [6.45, 7) is 1.68. The summed E-state index contributed by atoms with van der Waals surface area (Å²) in [5.41, 5.74) is 5.64. The van der Waals surface area contributed by atoms with Gasteiger partial charge in [-0.05, 0) is 0 Å². The van der Waals surface area contributed by atoms with E-state index in [1.54, 1.807) is 11.5 Å². The van der Waals surface area contributed by atoms with Gasteiger partial charge in [-0.1, -0.05) is 4.57 Å². The number of hydrogen-bond acceptors (Lipinski definition) is 6. The third kappa shape index (κ3) is 1.45. The second-order valence-corrected chi connectivity index (χ2v) is 4.47. The Morgan fingerprint density at radius 3 is 2.88 bits per heavy atom. The lowest BCUT2D eigenvalue weighted by Crippen LogP contribution is -2.25. The van der Waals surface area contributed by atoms with E-state index in [1.807, 2.05) is 0 Å². The van der Waals surface area contributed by atoms with Gasteiger partial charge in [-0.2, -0.15) is 0 Å². The van der Waals surface area contributed by atoms with Crippen LogP contribution in [-0.4, -0.2) is 26.6 Å². The molecule has 7 nitrogen and oxygen atoms in total. The van der Waals surface area contributed by atoms with E-state index in [2.05, 4.69) is 15.0 Å². The molecule has 0 aliphatic rings. The molecular formula is C8H11N5O2P+. The fourth-order valence-electron chi connectivity index (χ4n) is 1.35. The average Bonchev–Trinajstić information content (AvgIpc) is 2.74. The van der Waals surface area contributed by atoms with Crippen LogP contribution < -0.4 is 5.73 Å². The van der Waals surface area contributed by atoms with Gasteiger partial charge in [0, 0.05) is 14.0 Å². The van der Waals surface area contributed by atoms with Crippen molar-refractivity contribution in [3.05, 3.63) is 12.7 Å². The van der Waals surface area contributed by atoms with Crippen LogP contribution in [0.25, 0.3) is 11.2 Å². The summed E-state index contributed by atoms with van der Waals surface area (Å²) in [5, 5.41) is 0. The number of aromatic nitrogens is 4. The quantitative estimate of drug-likeness (QED) is 0.793. The molecule has 2 aromatic heterocycles. The molecule has 0 aromatic carbocycles. The van der Waals surface area contributed by atoms with Crippen molar-refractivity contribution in [3.63, 3.8) is 0 Å².